The van der Waals surface area contributed by atoms with Crippen molar-refractivity contribution in [3.05, 3.63) is 18.1 Å². The van der Waals surface area contributed by atoms with Crippen LogP contribution in [0.25, 0.3) is 0 Å². The Bertz CT molecular complexity index is 448. The largest absolute Gasteiger partial charge is 0.372 e. The molecular formula is C12H16N4O. The number of fused-ring (bicyclic) bond motifs is 2. The Morgan fingerprint density at radius 3 is 3.00 bits per heavy atom. The molecule has 2 fully saturated rings. The van der Waals surface area contributed by atoms with Crippen LogP contribution in [0, 0.1) is 5.92 Å². The average Bonchev–Trinajstić information content (AvgIpc) is 3.00. The summed E-state index contributed by atoms with van der Waals surface area (Å²) in [7, 11) is 1.77. The van der Waals surface area contributed by atoms with Crippen molar-refractivity contribution >= 4 is 11.7 Å². The minimum atomic E-state index is 0.0294. The summed E-state index contributed by atoms with van der Waals surface area (Å²) in [5, 5.41) is 2.90. The van der Waals surface area contributed by atoms with Crippen molar-refractivity contribution in [2.45, 2.75) is 25.3 Å². The standard InChI is InChI=1S/C12H16N4O/c1-13-11-6-14-5-10(15-11)12(17)16-7-8-2-3-9(16)4-8/h5-6,8-9H,2-4,7H2,1H3,(H,13,15). The first kappa shape index (κ1) is 10.5. The third kappa shape index (κ3) is 1.75. The van der Waals surface area contributed by atoms with Crippen LogP contribution < -0.4 is 5.32 Å². The van der Waals surface area contributed by atoms with Crippen molar-refractivity contribution in [2.24, 2.45) is 5.92 Å². The minimum absolute atomic E-state index is 0.0294. The number of hydrogen-bond donors (Lipinski definition) is 1. The van der Waals surface area contributed by atoms with Crippen molar-refractivity contribution in [3.63, 3.8) is 0 Å². The molecular weight excluding hydrogens is 216 g/mol. The molecule has 1 saturated heterocycles. The van der Waals surface area contributed by atoms with Crippen molar-refractivity contribution in [1.29, 1.82) is 0 Å². The zero-order valence-corrected chi connectivity index (χ0v) is 9.89. The Balaban J connectivity index is 1.81. The van der Waals surface area contributed by atoms with Gasteiger partial charge in [0.1, 0.15) is 11.5 Å². The summed E-state index contributed by atoms with van der Waals surface area (Å²) in [6, 6.07) is 0.438. The third-order valence-corrected chi connectivity index (χ3v) is 3.78. The van der Waals surface area contributed by atoms with Gasteiger partial charge in [-0.1, -0.05) is 0 Å². The van der Waals surface area contributed by atoms with E-state index < -0.39 is 0 Å². The monoisotopic (exact) mass is 232 g/mol. The molecule has 0 spiro atoms. The first-order valence-electron chi connectivity index (χ1n) is 6.08. The second kappa shape index (κ2) is 3.98. The number of hydrogen-bond acceptors (Lipinski definition) is 4. The number of likely N-dealkylation sites (tertiary alicyclic amines) is 1. The van der Waals surface area contributed by atoms with E-state index in [2.05, 4.69) is 15.3 Å². The van der Waals surface area contributed by atoms with Crippen LogP contribution in [0.5, 0.6) is 0 Å². The van der Waals surface area contributed by atoms with Gasteiger partial charge in [0.25, 0.3) is 5.91 Å². The number of aromatic nitrogens is 2. The second-order valence-electron chi connectivity index (χ2n) is 4.83. The predicted octanol–water partition coefficient (Wildman–Crippen LogP) is 1.14. The Morgan fingerprint density at radius 2 is 2.35 bits per heavy atom. The molecule has 0 aromatic carbocycles. The van der Waals surface area contributed by atoms with Gasteiger partial charge in [0, 0.05) is 19.6 Å². The molecule has 5 nitrogen and oxygen atoms in total. The lowest BCUT2D eigenvalue weighted by Crippen LogP contribution is -2.38. The highest BCUT2D eigenvalue weighted by Gasteiger charge is 2.40. The van der Waals surface area contributed by atoms with E-state index >= 15 is 0 Å². The van der Waals surface area contributed by atoms with Gasteiger partial charge in [0.05, 0.1) is 12.4 Å². The Hall–Kier alpha value is -1.65. The smallest absolute Gasteiger partial charge is 0.274 e. The number of carbonyl (C=O) groups excluding carboxylic acids is 1. The molecule has 1 aliphatic carbocycles. The first-order valence-corrected chi connectivity index (χ1v) is 6.08. The molecule has 1 saturated carbocycles. The van der Waals surface area contributed by atoms with E-state index in [9.17, 15) is 4.79 Å². The Labute approximate surface area is 100 Å². The van der Waals surface area contributed by atoms with Crippen LogP contribution in [0.15, 0.2) is 12.4 Å². The van der Waals surface area contributed by atoms with E-state index in [4.69, 9.17) is 0 Å². The van der Waals surface area contributed by atoms with E-state index in [1.807, 2.05) is 4.90 Å². The topological polar surface area (TPSA) is 58.1 Å². The average molecular weight is 232 g/mol. The molecule has 3 rings (SSSR count). The highest BCUT2D eigenvalue weighted by Crippen LogP contribution is 2.37. The summed E-state index contributed by atoms with van der Waals surface area (Å²) >= 11 is 0. The van der Waals surface area contributed by atoms with E-state index in [0.717, 1.165) is 13.0 Å². The zero-order chi connectivity index (χ0) is 11.8. The lowest BCUT2D eigenvalue weighted by molar-refractivity contribution is 0.0697. The maximum atomic E-state index is 12.3. The molecule has 2 heterocycles. The quantitative estimate of drug-likeness (QED) is 0.830. The van der Waals surface area contributed by atoms with E-state index in [1.165, 1.54) is 12.8 Å². The fourth-order valence-corrected chi connectivity index (χ4v) is 2.91. The summed E-state index contributed by atoms with van der Waals surface area (Å²) in [6.07, 6.45) is 6.76. The maximum Gasteiger partial charge on any atom is 0.274 e. The molecule has 2 bridgehead atoms. The molecule has 2 unspecified atom stereocenters. The first-order chi connectivity index (χ1) is 8.28. The highest BCUT2D eigenvalue weighted by molar-refractivity contribution is 5.92. The van der Waals surface area contributed by atoms with Gasteiger partial charge in [0.2, 0.25) is 0 Å². The van der Waals surface area contributed by atoms with Gasteiger partial charge < -0.3 is 10.2 Å². The molecule has 1 aromatic heterocycles. The van der Waals surface area contributed by atoms with Crippen molar-refractivity contribution in [1.82, 2.24) is 14.9 Å². The molecule has 1 aromatic rings. The zero-order valence-electron chi connectivity index (χ0n) is 9.89. The molecule has 2 aliphatic rings. The van der Waals surface area contributed by atoms with Gasteiger partial charge >= 0.3 is 0 Å². The summed E-state index contributed by atoms with van der Waals surface area (Å²) in [5.74, 6) is 1.38. The molecule has 1 aliphatic heterocycles. The number of rotatable bonds is 2. The summed E-state index contributed by atoms with van der Waals surface area (Å²) < 4.78 is 0. The molecule has 0 radical (unpaired) electrons. The van der Waals surface area contributed by atoms with Gasteiger partial charge in [-0.3, -0.25) is 9.78 Å². The second-order valence-corrected chi connectivity index (χ2v) is 4.83. The van der Waals surface area contributed by atoms with Crippen LogP contribution in [0.4, 0.5) is 5.82 Å². The van der Waals surface area contributed by atoms with Gasteiger partial charge in [-0.25, -0.2) is 4.98 Å². The summed E-state index contributed by atoms with van der Waals surface area (Å²) in [6.45, 7) is 0.898. The lowest BCUT2D eigenvalue weighted by Gasteiger charge is -2.26. The maximum absolute atomic E-state index is 12.3. The number of anilines is 1. The number of nitrogens with zero attached hydrogens (tertiary/aromatic N) is 3. The van der Waals surface area contributed by atoms with Gasteiger partial charge in [-0.2, -0.15) is 0 Å². The van der Waals surface area contributed by atoms with Crippen LogP contribution >= 0.6 is 0 Å². The van der Waals surface area contributed by atoms with Gasteiger partial charge in [0.15, 0.2) is 0 Å². The van der Waals surface area contributed by atoms with Crippen molar-refractivity contribution < 1.29 is 4.79 Å². The van der Waals surface area contributed by atoms with Crippen LogP contribution in [0.3, 0.4) is 0 Å². The lowest BCUT2D eigenvalue weighted by atomic mass is 10.1. The number of amides is 1. The van der Waals surface area contributed by atoms with E-state index in [1.54, 1.807) is 19.4 Å². The van der Waals surface area contributed by atoms with Gasteiger partial charge in [-0.15, -0.1) is 0 Å². The van der Waals surface area contributed by atoms with Gasteiger partial charge in [-0.05, 0) is 25.2 Å². The molecule has 5 heteroatoms. The molecule has 1 N–H and O–H groups in total. The normalized spacial score (nSPS) is 26.3. The van der Waals surface area contributed by atoms with Crippen LogP contribution in [-0.4, -0.2) is 40.4 Å². The number of nitrogens with one attached hydrogen (secondary N) is 1. The molecule has 2 atom stereocenters. The van der Waals surface area contributed by atoms with E-state index in [0.29, 0.717) is 23.5 Å². The molecule has 17 heavy (non-hydrogen) atoms. The summed E-state index contributed by atoms with van der Waals surface area (Å²) in [4.78, 5) is 22.6. The summed E-state index contributed by atoms with van der Waals surface area (Å²) in [5.41, 5.74) is 0.449. The van der Waals surface area contributed by atoms with Crippen LogP contribution in [-0.2, 0) is 0 Å². The molecule has 1 amide bonds. The van der Waals surface area contributed by atoms with E-state index in [-0.39, 0.29) is 5.91 Å². The SMILES string of the molecule is CNc1cncc(C(=O)N2CC3CCC2C3)n1. The Morgan fingerprint density at radius 1 is 1.47 bits per heavy atom. The highest BCUT2D eigenvalue weighted by atomic mass is 16.2. The van der Waals surface area contributed by atoms with Crippen molar-refractivity contribution in [3.8, 4) is 0 Å². The fourth-order valence-electron chi connectivity index (χ4n) is 2.91. The number of piperidine rings is 1. The molecule has 90 valence electrons. The van der Waals surface area contributed by atoms with Crippen LogP contribution in [0.1, 0.15) is 29.8 Å². The number of carbonyl (C=O) groups is 1. The third-order valence-electron chi connectivity index (χ3n) is 3.78. The fraction of sp³-hybridized carbons (Fsp3) is 0.583. The Kier molecular flexibility index (Phi) is 2.46. The minimum Gasteiger partial charge on any atom is -0.372 e. The van der Waals surface area contributed by atoms with Crippen molar-refractivity contribution in [2.75, 3.05) is 18.9 Å². The predicted molar refractivity (Wildman–Crippen MR) is 63.7 cm³/mol. The van der Waals surface area contributed by atoms with Crippen LogP contribution in [0.2, 0.25) is 0 Å².